The average molecular weight is 379 g/mol. The summed E-state index contributed by atoms with van der Waals surface area (Å²) in [6, 6.07) is 9.35. The van der Waals surface area contributed by atoms with Gasteiger partial charge in [-0.2, -0.15) is 0 Å². The van der Waals surface area contributed by atoms with Crippen molar-refractivity contribution in [3.8, 4) is 0 Å². The molecular weight excluding hydrogens is 356 g/mol. The molecule has 7 heteroatoms. The molecule has 3 rings (SSSR count). The van der Waals surface area contributed by atoms with E-state index in [0.29, 0.717) is 5.56 Å². The van der Waals surface area contributed by atoms with Crippen LogP contribution in [-0.4, -0.2) is 26.6 Å². The highest BCUT2D eigenvalue weighted by Crippen LogP contribution is 2.30. The van der Waals surface area contributed by atoms with E-state index < -0.39 is 10.0 Å². The van der Waals surface area contributed by atoms with Crippen molar-refractivity contribution >= 4 is 27.3 Å². The molecule has 0 saturated carbocycles. The van der Waals surface area contributed by atoms with E-state index in [1.54, 1.807) is 11.3 Å². The lowest BCUT2D eigenvalue weighted by Crippen LogP contribution is -2.34. The lowest BCUT2D eigenvalue weighted by atomic mass is 9.96. The molecule has 0 fully saturated rings. The molecule has 1 aromatic heterocycles. The molecule has 25 heavy (non-hydrogen) atoms. The van der Waals surface area contributed by atoms with E-state index in [2.05, 4.69) is 10.0 Å². The van der Waals surface area contributed by atoms with Crippen molar-refractivity contribution in [3.05, 3.63) is 57.3 Å². The van der Waals surface area contributed by atoms with E-state index in [1.165, 1.54) is 11.3 Å². The van der Waals surface area contributed by atoms with Crippen molar-refractivity contribution in [1.82, 2.24) is 10.0 Å². The van der Waals surface area contributed by atoms with Gasteiger partial charge in [0.05, 0.1) is 11.3 Å². The maximum absolute atomic E-state index is 12.3. The van der Waals surface area contributed by atoms with Crippen molar-refractivity contribution in [2.75, 3.05) is 12.3 Å². The van der Waals surface area contributed by atoms with Gasteiger partial charge < -0.3 is 5.32 Å². The molecule has 1 amide bonds. The zero-order chi connectivity index (χ0) is 17.7. The standard InChI is InChI=1S/C18H22N2O3S2/c21-18(16-13-24-17-9-5-4-8-15(16)17)19-10-11-25(22,23)20-12-14-6-2-1-3-7-14/h1-3,6-7,13,20H,4-5,8-12H2,(H,19,21). The molecule has 0 radical (unpaired) electrons. The number of carbonyl (C=O) groups excluding carboxylic acids is 1. The first kappa shape index (κ1) is 18.1. The molecule has 1 aliphatic rings. The molecule has 2 N–H and O–H groups in total. The molecule has 1 aromatic carbocycles. The van der Waals surface area contributed by atoms with E-state index in [0.717, 1.165) is 30.4 Å². The van der Waals surface area contributed by atoms with Crippen LogP contribution in [0.5, 0.6) is 0 Å². The van der Waals surface area contributed by atoms with Gasteiger partial charge >= 0.3 is 0 Å². The van der Waals surface area contributed by atoms with Gasteiger partial charge in [0.1, 0.15) is 0 Å². The Bertz CT molecular complexity index is 829. The summed E-state index contributed by atoms with van der Waals surface area (Å²) in [6.07, 6.45) is 4.28. The van der Waals surface area contributed by atoms with Crippen LogP contribution in [-0.2, 0) is 29.4 Å². The summed E-state index contributed by atoms with van der Waals surface area (Å²) in [5.41, 5.74) is 2.77. The monoisotopic (exact) mass is 378 g/mol. The van der Waals surface area contributed by atoms with Gasteiger partial charge in [0.25, 0.3) is 5.91 Å². The molecule has 0 atom stereocenters. The number of thiophene rings is 1. The van der Waals surface area contributed by atoms with E-state index in [1.807, 2.05) is 35.7 Å². The third kappa shape index (κ3) is 4.90. The van der Waals surface area contributed by atoms with E-state index >= 15 is 0 Å². The maximum atomic E-state index is 12.3. The Kier molecular flexibility index (Phi) is 5.88. The molecule has 1 aliphatic carbocycles. The number of fused-ring (bicyclic) bond motifs is 1. The first-order chi connectivity index (χ1) is 12.1. The Morgan fingerprint density at radius 3 is 2.68 bits per heavy atom. The molecule has 0 saturated heterocycles. The topological polar surface area (TPSA) is 75.3 Å². The number of benzene rings is 1. The SMILES string of the molecule is O=C(NCCS(=O)(=O)NCc1ccccc1)c1csc2c1CCCC2. The highest BCUT2D eigenvalue weighted by atomic mass is 32.2. The fourth-order valence-electron chi connectivity index (χ4n) is 2.94. The lowest BCUT2D eigenvalue weighted by molar-refractivity contribution is 0.0955. The summed E-state index contributed by atoms with van der Waals surface area (Å²) in [7, 11) is -3.42. The van der Waals surface area contributed by atoms with Crippen molar-refractivity contribution in [2.24, 2.45) is 0 Å². The van der Waals surface area contributed by atoms with Crippen LogP contribution in [0.25, 0.3) is 0 Å². The van der Waals surface area contributed by atoms with Crippen LogP contribution >= 0.6 is 11.3 Å². The van der Waals surface area contributed by atoms with Crippen LogP contribution in [0.15, 0.2) is 35.7 Å². The van der Waals surface area contributed by atoms with Crippen LogP contribution < -0.4 is 10.0 Å². The van der Waals surface area contributed by atoms with Crippen molar-refractivity contribution < 1.29 is 13.2 Å². The summed E-state index contributed by atoms with van der Waals surface area (Å²) in [4.78, 5) is 13.6. The predicted molar refractivity (Wildman–Crippen MR) is 100 cm³/mol. The summed E-state index contributed by atoms with van der Waals surface area (Å²) in [5, 5.41) is 4.63. The zero-order valence-electron chi connectivity index (χ0n) is 14.0. The smallest absolute Gasteiger partial charge is 0.252 e. The summed E-state index contributed by atoms with van der Waals surface area (Å²) < 4.78 is 26.6. The molecular formula is C18H22N2O3S2. The van der Waals surface area contributed by atoms with Gasteiger partial charge in [0.2, 0.25) is 10.0 Å². The Morgan fingerprint density at radius 2 is 1.88 bits per heavy atom. The maximum Gasteiger partial charge on any atom is 0.252 e. The second kappa shape index (κ2) is 8.12. The molecule has 0 unspecified atom stereocenters. The number of rotatable bonds is 7. The number of sulfonamides is 1. The second-order valence-corrected chi connectivity index (χ2v) is 9.03. The van der Waals surface area contributed by atoms with Gasteiger partial charge in [-0.05, 0) is 36.8 Å². The van der Waals surface area contributed by atoms with Gasteiger partial charge in [-0.3, -0.25) is 4.79 Å². The number of aryl methyl sites for hydroxylation is 1. The van der Waals surface area contributed by atoms with Crippen molar-refractivity contribution in [3.63, 3.8) is 0 Å². The molecule has 134 valence electrons. The van der Waals surface area contributed by atoms with E-state index in [-0.39, 0.29) is 24.7 Å². The first-order valence-electron chi connectivity index (χ1n) is 8.44. The van der Waals surface area contributed by atoms with Crippen LogP contribution in [0, 0.1) is 0 Å². The number of hydrogen-bond acceptors (Lipinski definition) is 4. The van der Waals surface area contributed by atoms with Gasteiger partial charge in [-0.25, -0.2) is 13.1 Å². The lowest BCUT2D eigenvalue weighted by Gasteiger charge is -2.13. The van der Waals surface area contributed by atoms with Gasteiger partial charge in [-0.1, -0.05) is 30.3 Å². The minimum atomic E-state index is -3.42. The fourth-order valence-corrected chi connectivity index (χ4v) is 4.97. The third-order valence-electron chi connectivity index (χ3n) is 4.30. The number of hydrogen-bond donors (Lipinski definition) is 2. The highest BCUT2D eigenvalue weighted by Gasteiger charge is 2.20. The van der Waals surface area contributed by atoms with E-state index in [9.17, 15) is 13.2 Å². The van der Waals surface area contributed by atoms with E-state index in [4.69, 9.17) is 0 Å². The third-order valence-corrected chi connectivity index (χ3v) is 6.72. The largest absolute Gasteiger partial charge is 0.351 e. The molecule has 2 aromatic rings. The van der Waals surface area contributed by atoms with Crippen molar-refractivity contribution in [2.45, 2.75) is 32.2 Å². The van der Waals surface area contributed by atoms with Crippen LogP contribution in [0.1, 0.15) is 39.2 Å². The number of amides is 1. The normalized spacial score (nSPS) is 14.1. The summed E-state index contributed by atoms with van der Waals surface area (Å²) in [5.74, 6) is -0.296. The molecule has 1 heterocycles. The Hall–Kier alpha value is -1.70. The van der Waals surface area contributed by atoms with Gasteiger partial charge in [0, 0.05) is 23.3 Å². The minimum Gasteiger partial charge on any atom is -0.351 e. The Balaban J connectivity index is 1.48. The second-order valence-electron chi connectivity index (χ2n) is 6.14. The molecule has 0 bridgehead atoms. The number of carbonyl (C=O) groups is 1. The molecule has 5 nitrogen and oxygen atoms in total. The quantitative estimate of drug-likeness (QED) is 0.777. The summed E-state index contributed by atoms with van der Waals surface area (Å²) >= 11 is 1.63. The highest BCUT2D eigenvalue weighted by molar-refractivity contribution is 7.89. The van der Waals surface area contributed by atoms with Crippen LogP contribution in [0.3, 0.4) is 0 Å². The average Bonchev–Trinajstić information content (AvgIpc) is 3.05. The van der Waals surface area contributed by atoms with Gasteiger partial charge in [-0.15, -0.1) is 11.3 Å². The molecule has 0 spiro atoms. The number of nitrogens with one attached hydrogen (secondary N) is 2. The summed E-state index contributed by atoms with van der Waals surface area (Å²) in [6.45, 7) is 0.364. The van der Waals surface area contributed by atoms with Crippen LogP contribution in [0.4, 0.5) is 0 Å². The Labute approximate surface area is 152 Å². The van der Waals surface area contributed by atoms with Crippen LogP contribution in [0.2, 0.25) is 0 Å². The first-order valence-corrected chi connectivity index (χ1v) is 11.0. The predicted octanol–water partition coefficient (Wildman–Crippen LogP) is 2.48. The minimum absolute atomic E-state index is 0.105. The molecule has 0 aliphatic heterocycles. The fraction of sp³-hybridized carbons (Fsp3) is 0.389. The Morgan fingerprint density at radius 1 is 1.12 bits per heavy atom. The van der Waals surface area contributed by atoms with Crippen molar-refractivity contribution in [1.29, 1.82) is 0 Å². The zero-order valence-corrected chi connectivity index (χ0v) is 15.6. The van der Waals surface area contributed by atoms with Gasteiger partial charge in [0.15, 0.2) is 0 Å².